The fraction of sp³-hybridized carbons (Fsp3) is 0.941. The van der Waals surface area contributed by atoms with Crippen LogP contribution in [0.15, 0.2) is 0 Å². The number of nitrogens with one attached hydrogen (secondary N) is 1. The van der Waals surface area contributed by atoms with Crippen LogP contribution < -0.4 is 5.32 Å². The van der Waals surface area contributed by atoms with Gasteiger partial charge in [-0.05, 0) is 69.1 Å². The van der Waals surface area contributed by atoms with Crippen molar-refractivity contribution >= 4 is 0 Å². The van der Waals surface area contributed by atoms with E-state index in [2.05, 4.69) is 16.3 Å². The molecule has 0 radical (unpaired) electrons. The molecule has 4 aliphatic carbocycles. The van der Waals surface area contributed by atoms with Gasteiger partial charge in [-0.15, -0.1) is 0 Å². The molecule has 3 heteroatoms. The molecule has 0 aromatic heterocycles. The second-order valence-corrected chi connectivity index (χ2v) is 7.86. The largest absolute Gasteiger partial charge is 0.300 e. The predicted molar refractivity (Wildman–Crippen MR) is 79.1 cm³/mol. The van der Waals surface area contributed by atoms with Crippen LogP contribution in [0.25, 0.3) is 0 Å². The van der Waals surface area contributed by atoms with Gasteiger partial charge in [0, 0.05) is 25.7 Å². The minimum atomic E-state index is -0.231. The molecule has 0 aliphatic heterocycles. The van der Waals surface area contributed by atoms with Crippen molar-refractivity contribution in [2.24, 2.45) is 17.8 Å². The van der Waals surface area contributed by atoms with Gasteiger partial charge in [-0.3, -0.25) is 10.2 Å². The monoisotopic (exact) mass is 273 g/mol. The molecule has 4 rings (SSSR count). The van der Waals surface area contributed by atoms with Crippen LogP contribution in [0.4, 0.5) is 0 Å². The standard InChI is InChI=1S/C17H27N3/c18-11-17(15-5-6-15,19-16-7-8-16)12-20(9-13-1-2-13)10-14-3-4-14/h13-16,19H,1-10,12H2. The molecule has 4 aliphatic rings. The molecule has 1 atom stereocenters. The van der Waals surface area contributed by atoms with E-state index in [4.69, 9.17) is 0 Å². The number of rotatable bonds is 9. The minimum absolute atomic E-state index is 0.231. The molecule has 3 nitrogen and oxygen atoms in total. The maximum absolute atomic E-state index is 9.87. The third-order valence-electron chi connectivity index (χ3n) is 5.41. The second-order valence-electron chi connectivity index (χ2n) is 7.86. The average molecular weight is 273 g/mol. The van der Waals surface area contributed by atoms with Crippen LogP contribution in [0.1, 0.15) is 51.4 Å². The second kappa shape index (κ2) is 5.00. The smallest absolute Gasteiger partial charge is 0.122 e. The fourth-order valence-corrected chi connectivity index (χ4v) is 3.51. The third-order valence-corrected chi connectivity index (χ3v) is 5.41. The van der Waals surface area contributed by atoms with Gasteiger partial charge in [-0.1, -0.05) is 0 Å². The van der Waals surface area contributed by atoms with E-state index in [0.717, 1.165) is 18.4 Å². The molecule has 0 aromatic carbocycles. The van der Waals surface area contributed by atoms with E-state index in [9.17, 15) is 5.26 Å². The van der Waals surface area contributed by atoms with Gasteiger partial charge in [0.2, 0.25) is 0 Å². The highest BCUT2D eigenvalue weighted by atomic mass is 15.2. The van der Waals surface area contributed by atoms with Crippen LogP contribution in [-0.2, 0) is 0 Å². The van der Waals surface area contributed by atoms with E-state index >= 15 is 0 Å². The zero-order valence-corrected chi connectivity index (χ0v) is 12.5. The van der Waals surface area contributed by atoms with E-state index in [1.165, 1.54) is 64.5 Å². The first-order valence-corrected chi connectivity index (χ1v) is 8.69. The molecule has 0 saturated heterocycles. The Morgan fingerprint density at radius 2 is 1.55 bits per heavy atom. The SMILES string of the molecule is N#CC(CN(CC1CC1)CC1CC1)(NC1CC1)C1CC1. The summed E-state index contributed by atoms with van der Waals surface area (Å²) in [6.45, 7) is 3.48. The topological polar surface area (TPSA) is 39.1 Å². The Balaban J connectivity index is 1.43. The normalized spacial score (nSPS) is 29.2. The molecule has 0 spiro atoms. The van der Waals surface area contributed by atoms with E-state index < -0.39 is 0 Å². The number of nitriles is 1. The van der Waals surface area contributed by atoms with Crippen molar-refractivity contribution < 1.29 is 0 Å². The summed E-state index contributed by atoms with van der Waals surface area (Å²) >= 11 is 0. The van der Waals surface area contributed by atoms with Gasteiger partial charge in [-0.25, -0.2) is 0 Å². The summed E-state index contributed by atoms with van der Waals surface area (Å²) in [5.41, 5.74) is -0.231. The molecule has 1 N–H and O–H groups in total. The predicted octanol–water partition coefficient (Wildman–Crippen LogP) is 2.53. The van der Waals surface area contributed by atoms with E-state index in [0.29, 0.717) is 12.0 Å². The number of hydrogen-bond donors (Lipinski definition) is 1. The molecular formula is C17H27N3. The highest BCUT2D eigenvalue weighted by molar-refractivity contribution is 5.18. The highest BCUT2D eigenvalue weighted by Gasteiger charge is 2.49. The van der Waals surface area contributed by atoms with Crippen molar-refractivity contribution in [3.05, 3.63) is 0 Å². The molecule has 1 unspecified atom stereocenters. The van der Waals surface area contributed by atoms with Gasteiger partial charge in [0.05, 0.1) is 6.07 Å². The Kier molecular flexibility index (Phi) is 3.27. The Labute approximate surface area is 122 Å². The van der Waals surface area contributed by atoms with Gasteiger partial charge in [0.15, 0.2) is 0 Å². The maximum Gasteiger partial charge on any atom is 0.122 e. The molecule has 110 valence electrons. The lowest BCUT2D eigenvalue weighted by Gasteiger charge is -2.35. The minimum Gasteiger partial charge on any atom is -0.300 e. The molecular weight excluding hydrogens is 246 g/mol. The molecule has 0 amide bonds. The van der Waals surface area contributed by atoms with Crippen molar-refractivity contribution in [2.75, 3.05) is 19.6 Å². The van der Waals surface area contributed by atoms with Crippen molar-refractivity contribution in [3.63, 3.8) is 0 Å². The quantitative estimate of drug-likeness (QED) is 0.701. The van der Waals surface area contributed by atoms with Crippen molar-refractivity contribution in [1.29, 1.82) is 5.26 Å². The van der Waals surface area contributed by atoms with Gasteiger partial charge < -0.3 is 0 Å². The highest BCUT2D eigenvalue weighted by Crippen LogP contribution is 2.43. The number of hydrogen-bond acceptors (Lipinski definition) is 3. The van der Waals surface area contributed by atoms with Crippen molar-refractivity contribution in [1.82, 2.24) is 10.2 Å². The molecule has 0 heterocycles. The lowest BCUT2D eigenvalue weighted by atomic mass is 9.93. The zero-order chi connectivity index (χ0) is 13.6. The first kappa shape index (κ1) is 13.1. The van der Waals surface area contributed by atoms with E-state index in [-0.39, 0.29) is 5.54 Å². The Morgan fingerprint density at radius 1 is 0.950 bits per heavy atom. The van der Waals surface area contributed by atoms with E-state index in [1.807, 2.05) is 0 Å². The summed E-state index contributed by atoms with van der Waals surface area (Å²) in [7, 11) is 0. The summed E-state index contributed by atoms with van der Waals surface area (Å²) in [6, 6.07) is 3.35. The summed E-state index contributed by atoms with van der Waals surface area (Å²) in [5, 5.41) is 13.6. The van der Waals surface area contributed by atoms with Crippen LogP contribution in [0.5, 0.6) is 0 Å². The molecule has 20 heavy (non-hydrogen) atoms. The van der Waals surface area contributed by atoms with Crippen LogP contribution in [-0.4, -0.2) is 36.1 Å². The summed E-state index contributed by atoms with van der Waals surface area (Å²) in [6.07, 6.45) is 10.7. The van der Waals surface area contributed by atoms with E-state index in [1.54, 1.807) is 0 Å². The molecule has 0 bridgehead atoms. The first-order chi connectivity index (χ1) is 9.77. The zero-order valence-electron chi connectivity index (χ0n) is 12.5. The van der Waals surface area contributed by atoms with Crippen molar-refractivity contribution in [3.8, 4) is 6.07 Å². The summed E-state index contributed by atoms with van der Waals surface area (Å²) in [4.78, 5) is 2.65. The van der Waals surface area contributed by atoms with Gasteiger partial charge in [0.25, 0.3) is 0 Å². The Bertz CT molecular complexity index is 385. The van der Waals surface area contributed by atoms with Gasteiger partial charge in [0.1, 0.15) is 5.54 Å². The average Bonchev–Trinajstić information content (AvgIpc) is 3.21. The fourth-order valence-electron chi connectivity index (χ4n) is 3.51. The lowest BCUT2D eigenvalue weighted by molar-refractivity contribution is 0.181. The molecule has 0 aromatic rings. The van der Waals surface area contributed by atoms with Crippen LogP contribution in [0.3, 0.4) is 0 Å². The maximum atomic E-state index is 9.87. The van der Waals surface area contributed by atoms with Gasteiger partial charge >= 0.3 is 0 Å². The van der Waals surface area contributed by atoms with Gasteiger partial charge in [-0.2, -0.15) is 5.26 Å². The Hall–Kier alpha value is -0.590. The third kappa shape index (κ3) is 3.18. The molecule has 4 fully saturated rings. The van der Waals surface area contributed by atoms with Crippen molar-refractivity contribution in [2.45, 2.75) is 62.9 Å². The Morgan fingerprint density at radius 3 is 1.95 bits per heavy atom. The van der Waals surface area contributed by atoms with Crippen LogP contribution in [0, 0.1) is 29.1 Å². The summed E-state index contributed by atoms with van der Waals surface area (Å²) in [5.74, 6) is 2.49. The van der Waals surface area contributed by atoms with Crippen LogP contribution >= 0.6 is 0 Å². The molecule has 4 saturated carbocycles. The first-order valence-electron chi connectivity index (χ1n) is 8.69. The summed E-state index contributed by atoms with van der Waals surface area (Å²) < 4.78 is 0. The lowest BCUT2D eigenvalue weighted by Crippen LogP contribution is -2.55. The van der Waals surface area contributed by atoms with Crippen LogP contribution in [0.2, 0.25) is 0 Å². The number of nitrogens with zero attached hydrogens (tertiary/aromatic N) is 2.